The molecule has 0 aromatic carbocycles. The van der Waals surface area contributed by atoms with Gasteiger partial charge in [0.2, 0.25) is 0 Å². The number of alkyl halides is 1. The molecular formula is C6H12BrNO. The summed E-state index contributed by atoms with van der Waals surface area (Å²) in [6.45, 7) is 4.10. The van der Waals surface area contributed by atoms with Crippen molar-refractivity contribution in [2.24, 2.45) is 11.1 Å². The van der Waals surface area contributed by atoms with Gasteiger partial charge in [0.25, 0.3) is 0 Å². The smallest absolute Gasteiger partial charge is 0.150 e. The Bertz CT molecular complexity index is 112. The lowest BCUT2D eigenvalue weighted by Crippen LogP contribution is -2.33. The summed E-state index contributed by atoms with van der Waals surface area (Å²) in [5.74, 6) is 0.157. The largest absolute Gasteiger partial charge is 0.329 e. The molecule has 0 atom stereocenters. The van der Waals surface area contributed by atoms with E-state index < -0.39 is 0 Å². The van der Waals surface area contributed by atoms with Crippen LogP contribution in [-0.2, 0) is 4.79 Å². The Morgan fingerprint density at radius 3 is 2.22 bits per heavy atom. The zero-order chi connectivity index (χ0) is 7.49. The molecule has 0 aliphatic rings. The third kappa shape index (κ3) is 2.45. The first-order valence-electron chi connectivity index (χ1n) is 2.84. The summed E-state index contributed by atoms with van der Waals surface area (Å²) >= 11 is 3.09. The maximum Gasteiger partial charge on any atom is 0.150 e. The number of hydrogen-bond donors (Lipinski definition) is 1. The van der Waals surface area contributed by atoms with Crippen LogP contribution in [0, 0.1) is 5.41 Å². The van der Waals surface area contributed by atoms with E-state index in [0.29, 0.717) is 11.9 Å². The molecular weight excluding hydrogens is 182 g/mol. The Balaban J connectivity index is 3.97. The zero-order valence-electron chi connectivity index (χ0n) is 5.78. The van der Waals surface area contributed by atoms with Gasteiger partial charge in [-0.15, -0.1) is 0 Å². The van der Waals surface area contributed by atoms with E-state index in [4.69, 9.17) is 5.73 Å². The first-order valence-corrected chi connectivity index (χ1v) is 3.96. The highest BCUT2D eigenvalue weighted by Crippen LogP contribution is 2.14. The molecule has 2 N–H and O–H groups in total. The molecule has 0 fully saturated rings. The van der Waals surface area contributed by atoms with E-state index in [1.54, 1.807) is 0 Å². The van der Waals surface area contributed by atoms with Crippen LogP contribution in [0.3, 0.4) is 0 Å². The minimum absolute atomic E-state index is 0.157. The lowest BCUT2D eigenvalue weighted by atomic mass is 9.89. The Morgan fingerprint density at radius 1 is 1.67 bits per heavy atom. The highest BCUT2D eigenvalue weighted by Gasteiger charge is 2.23. The highest BCUT2D eigenvalue weighted by molar-refractivity contribution is 9.09. The molecule has 0 amide bonds. The van der Waals surface area contributed by atoms with Gasteiger partial charge in [0.15, 0.2) is 0 Å². The fourth-order valence-electron chi connectivity index (χ4n) is 0.295. The van der Waals surface area contributed by atoms with Crippen LogP contribution in [0.5, 0.6) is 0 Å². The van der Waals surface area contributed by atoms with Gasteiger partial charge < -0.3 is 5.73 Å². The van der Waals surface area contributed by atoms with Crippen molar-refractivity contribution in [3.05, 3.63) is 0 Å². The quantitative estimate of drug-likeness (QED) is 0.679. The number of ketones is 1. The molecule has 0 aromatic rings. The summed E-state index contributed by atoms with van der Waals surface area (Å²) in [5.41, 5.74) is 4.98. The first-order chi connectivity index (χ1) is 4.04. The van der Waals surface area contributed by atoms with Gasteiger partial charge in [-0.3, -0.25) is 4.79 Å². The molecule has 0 radical (unpaired) electrons. The van der Waals surface area contributed by atoms with Crippen LogP contribution in [-0.4, -0.2) is 17.7 Å². The molecule has 0 aromatic heterocycles. The van der Waals surface area contributed by atoms with Crippen molar-refractivity contribution in [2.75, 3.05) is 11.9 Å². The lowest BCUT2D eigenvalue weighted by Gasteiger charge is -2.18. The van der Waals surface area contributed by atoms with Crippen LogP contribution in [0.15, 0.2) is 0 Å². The topological polar surface area (TPSA) is 43.1 Å². The van der Waals surface area contributed by atoms with Crippen molar-refractivity contribution in [1.29, 1.82) is 0 Å². The third-order valence-electron chi connectivity index (χ3n) is 1.39. The maximum atomic E-state index is 10.9. The summed E-state index contributed by atoms with van der Waals surface area (Å²) in [4.78, 5) is 10.9. The Morgan fingerprint density at radius 2 is 2.11 bits per heavy atom. The average Bonchev–Trinajstić information content (AvgIpc) is 1.86. The van der Waals surface area contributed by atoms with Crippen molar-refractivity contribution in [1.82, 2.24) is 0 Å². The maximum absolute atomic E-state index is 10.9. The lowest BCUT2D eigenvalue weighted by molar-refractivity contribution is -0.123. The van der Waals surface area contributed by atoms with Crippen molar-refractivity contribution in [3.8, 4) is 0 Å². The SMILES string of the molecule is CC(C)(CN)C(=O)CBr. The van der Waals surface area contributed by atoms with Gasteiger partial charge in [0.05, 0.1) is 5.33 Å². The number of hydrogen-bond acceptors (Lipinski definition) is 2. The van der Waals surface area contributed by atoms with E-state index in [0.717, 1.165) is 0 Å². The number of carbonyl (C=O) groups excluding carboxylic acids is 1. The summed E-state index contributed by atoms with van der Waals surface area (Å²) in [6, 6.07) is 0. The molecule has 0 saturated heterocycles. The van der Waals surface area contributed by atoms with Crippen LogP contribution < -0.4 is 5.73 Å². The van der Waals surface area contributed by atoms with E-state index in [9.17, 15) is 4.79 Å². The number of rotatable bonds is 3. The second-order valence-corrected chi connectivity index (χ2v) is 3.21. The van der Waals surface area contributed by atoms with Gasteiger partial charge in [-0.1, -0.05) is 29.8 Å². The molecule has 3 heteroatoms. The molecule has 0 aliphatic heterocycles. The van der Waals surface area contributed by atoms with Gasteiger partial charge >= 0.3 is 0 Å². The van der Waals surface area contributed by atoms with Crippen molar-refractivity contribution >= 4 is 21.7 Å². The van der Waals surface area contributed by atoms with Crippen LogP contribution in [0.1, 0.15) is 13.8 Å². The van der Waals surface area contributed by atoms with Gasteiger partial charge in [-0.2, -0.15) is 0 Å². The number of carbonyl (C=O) groups is 1. The average molecular weight is 194 g/mol. The van der Waals surface area contributed by atoms with Crippen LogP contribution in [0.2, 0.25) is 0 Å². The summed E-state index contributed by atoms with van der Waals surface area (Å²) in [5, 5.41) is 0.400. The predicted octanol–water partition coefficient (Wildman–Crippen LogP) is 0.935. The number of Topliss-reactive ketones (excluding diaryl/α,β-unsaturated/α-hetero) is 1. The molecule has 0 unspecified atom stereocenters. The van der Waals surface area contributed by atoms with Crippen molar-refractivity contribution in [2.45, 2.75) is 13.8 Å². The minimum Gasteiger partial charge on any atom is -0.329 e. The molecule has 2 nitrogen and oxygen atoms in total. The van der Waals surface area contributed by atoms with E-state index in [-0.39, 0.29) is 11.2 Å². The fourth-order valence-corrected chi connectivity index (χ4v) is 1.05. The van der Waals surface area contributed by atoms with Gasteiger partial charge in [-0.05, 0) is 0 Å². The molecule has 0 spiro atoms. The first kappa shape index (κ1) is 9.11. The molecule has 0 bridgehead atoms. The zero-order valence-corrected chi connectivity index (χ0v) is 7.36. The Labute approximate surface area is 63.9 Å². The van der Waals surface area contributed by atoms with Crippen LogP contribution in [0.4, 0.5) is 0 Å². The van der Waals surface area contributed by atoms with E-state index in [1.807, 2.05) is 13.8 Å². The molecule has 0 rings (SSSR count). The predicted molar refractivity (Wildman–Crippen MR) is 41.6 cm³/mol. The summed E-state index contributed by atoms with van der Waals surface area (Å²) < 4.78 is 0. The molecule has 9 heavy (non-hydrogen) atoms. The summed E-state index contributed by atoms with van der Waals surface area (Å²) in [7, 11) is 0. The number of halogens is 1. The Hall–Kier alpha value is 0.110. The van der Waals surface area contributed by atoms with Crippen molar-refractivity contribution < 1.29 is 4.79 Å². The van der Waals surface area contributed by atoms with E-state index >= 15 is 0 Å². The second-order valence-electron chi connectivity index (χ2n) is 2.64. The second kappa shape index (κ2) is 3.32. The minimum atomic E-state index is -0.358. The van der Waals surface area contributed by atoms with Crippen LogP contribution in [0.25, 0.3) is 0 Å². The molecule has 0 heterocycles. The van der Waals surface area contributed by atoms with E-state index in [1.165, 1.54) is 0 Å². The highest BCUT2D eigenvalue weighted by atomic mass is 79.9. The normalized spacial score (nSPS) is 11.6. The van der Waals surface area contributed by atoms with Crippen molar-refractivity contribution in [3.63, 3.8) is 0 Å². The molecule has 0 aliphatic carbocycles. The van der Waals surface area contributed by atoms with Gasteiger partial charge in [0, 0.05) is 12.0 Å². The fraction of sp³-hybridized carbons (Fsp3) is 0.833. The van der Waals surface area contributed by atoms with Gasteiger partial charge in [0.1, 0.15) is 5.78 Å². The molecule has 54 valence electrons. The third-order valence-corrected chi connectivity index (χ3v) is 1.90. The Kier molecular flexibility index (Phi) is 3.36. The summed E-state index contributed by atoms with van der Waals surface area (Å²) in [6.07, 6.45) is 0. The number of nitrogens with two attached hydrogens (primary N) is 1. The molecule has 0 saturated carbocycles. The van der Waals surface area contributed by atoms with E-state index in [2.05, 4.69) is 15.9 Å². The van der Waals surface area contributed by atoms with Gasteiger partial charge in [-0.25, -0.2) is 0 Å². The van der Waals surface area contributed by atoms with Crippen LogP contribution >= 0.6 is 15.9 Å². The standard InChI is InChI=1S/C6H12BrNO/c1-6(2,4-8)5(9)3-7/h3-4,8H2,1-2H3. The monoisotopic (exact) mass is 193 g/mol.